The summed E-state index contributed by atoms with van der Waals surface area (Å²) in [7, 11) is 0. The molecule has 2 aromatic heterocycles. The van der Waals surface area contributed by atoms with Crippen molar-refractivity contribution in [3.8, 4) is 5.75 Å². The van der Waals surface area contributed by atoms with Crippen LogP contribution in [0, 0.1) is 0 Å². The smallest absolute Gasteiger partial charge is 0.138 e. The fraction of sp³-hybridized carbons (Fsp3) is 0.217. The van der Waals surface area contributed by atoms with Crippen LogP contribution < -0.4 is 4.74 Å². The average molecular weight is 409 g/mol. The zero-order valence-electron chi connectivity index (χ0n) is 16.6. The number of ether oxygens (including phenoxy) is 1. The lowest BCUT2D eigenvalue weighted by molar-refractivity contribution is 0.302. The third-order valence-corrected chi connectivity index (χ3v) is 4.82. The first kappa shape index (κ1) is 20.7. The van der Waals surface area contributed by atoms with E-state index in [-0.39, 0.29) is 5.41 Å². The molecule has 0 unspecified atom stereocenters. The van der Waals surface area contributed by atoms with Crippen LogP contribution in [0.25, 0.3) is 0 Å². The molecule has 4 rings (SSSR count). The summed E-state index contributed by atoms with van der Waals surface area (Å²) in [6.07, 6.45) is 8.01. The lowest BCUT2D eigenvalue weighted by Gasteiger charge is -2.24. The highest BCUT2D eigenvalue weighted by molar-refractivity contribution is 6.32. The molecule has 150 valence electrons. The van der Waals surface area contributed by atoms with Crippen LogP contribution in [0.5, 0.6) is 5.75 Å². The number of aromatic amines is 2. The molecule has 29 heavy (non-hydrogen) atoms. The third kappa shape index (κ3) is 6.22. The number of halogens is 1. The van der Waals surface area contributed by atoms with Crippen molar-refractivity contribution in [3.63, 3.8) is 0 Å². The molecule has 5 nitrogen and oxygen atoms in total. The number of H-pyrrole nitrogens is 2. The average Bonchev–Trinajstić information content (AvgIpc) is 3.42. The minimum atomic E-state index is 0.147. The van der Waals surface area contributed by atoms with Gasteiger partial charge in [-0.2, -0.15) is 0 Å². The van der Waals surface area contributed by atoms with E-state index < -0.39 is 0 Å². The lowest BCUT2D eigenvalue weighted by atomic mass is 9.81. The number of hydrogen-bond acceptors (Lipinski definition) is 3. The molecule has 0 saturated carbocycles. The number of nitrogens with zero attached hydrogens (tertiary/aromatic N) is 2. The van der Waals surface area contributed by atoms with Crippen molar-refractivity contribution in [2.24, 2.45) is 0 Å². The van der Waals surface area contributed by atoms with E-state index in [0.717, 1.165) is 12.1 Å². The van der Waals surface area contributed by atoms with Gasteiger partial charge in [0.05, 0.1) is 23.4 Å². The molecule has 0 saturated heterocycles. The van der Waals surface area contributed by atoms with E-state index in [9.17, 15) is 0 Å². The van der Waals surface area contributed by atoms with Crippen LogP contribution in [-0.4, -0.2) is 19.9 Å². The Bertz CT molecular complexity index is 967. The predicted molar refractivity (Wildman–Crippen MR) is 116 cm³/mol. The summed E-state index contributed by atoms with van der Waals surface area (Å²) in [5.41, 5.74) is 3.54. The molecule has 0 amide bonds. The summed E-state index contributed by atoms with van der Waals surface area (Å²) in [6.45, 7) is 4.93. The van der Waals surface area contributed by atoms with Crippen LogP contribution in [0.3, 0.4) is 0 Å². The minimum Gasteiger partial charge on any atom is -0.486 e. The van der Waals surface area contributed by atoms with Gasteiger partial charge in [-0.1, -0.05) is 67.9 Å². The lowest BCUT2D eigenvalue weighted by Crippen LogP contribution is -2.20. The number of benzene rings is 2. The second-order valence-corrected chi connectivity index (χ2v) is 7.69. The number of imidazole rings is 2. The molecule has 0 fully saturated rings. The second-order valence-electron chi connectivity index (χ2n) is 7.28. The molecular formula is C23H25ClN4O. The normalized spacial score (nSPS) is 10.9. The number of nitrogens with one attached hydrogen (secondary N) is 2. The fourth-order valence-corrected chi connectivity index (χ4v) is 3.12. The molecule has 2 aromatic carbocycles. The van der Waals surface area contributed by atoms with E-state index in [1.165, 1.54) is 11.3 Å². The maximum absolute atomic E-state index is 5.91. The van der Waals surface area contributed by atoms with Crippen molar-refractivity contribution in [1.29, 1.82) is 0 Å². The van der Waals surface area contributed by atoms with Gasteiger partial charge in [0.25, 0.3) is 0 Å². The van der Waals surface area contributed by atoms with Gasteiger partial charge in [0.15, 0.2) is 0 Å². The van der Waals surface area contributed by atoms with Gasteiger partial charge in [0.1, 0.15) is 12.4 Å². The van der Waals surface area contributed by atoms with Gasteiger partial charge in [-0.3, -0.25) is 0 Å². The van der Waals surface area contributed by atoms with Gasteiger partial charge >= 0.3 is 0 Å². The maximum atomic E-state index is 5.91. The highest BCUT2D eigenvalue weighted by Gasteiger charge is 2.21. The zero-order valence-corrected chi connectivity index (χ0v) is 17.4. The van der Waals surface area contributed by atoms with E-state index in [0.29, 0.717) is 17.4 Å². The van der Waals surface area contributed by atoms with Crippen LogP contribution >= 0.6 is 11.6 Å². The van der Waals surface area contributed by atoms with Gasteiger partial charge in [-0.05, 0) is 29.5 Å². The monoisotopic (exact) mass is 408 g/mol. The molecule has 6 heteroatoms. The molecule has 4 aromatic rings. The van der Waals surface area contributed by atoms with Gasteiger partial charge in [-0.15, -0.1) is 0 Å². The standard InChI is InChI=1S/C13H16N2.C10H9ClN2O/c1-13(2,8-12-9-14-10-15-12)11-6-4-3-5-7-11;11-9-3-1-2-4-10(9)14-6-8-5-12-7-13-8/h3-7,9-10H,8H2,1-2H3,(H,14,15);1-5,7H,6H2,(H,12,13). The Morgan fingerprint density at radius 3 is 2.41 bits per heavy atom. The Labute approximate surface area is 176 Å². The number of rotatable bonds is 6. The summed E-state index contributed by atoms with van der Waals surface area (Å²) >= 11 is 5.91. The Hall–Kier alpha value is -3.05. The highest BCUT2D eigenvalue weighted by atomic mass is 35.5. The van der Waals surface area contributed by atoms with Crippen molar-refractivity contribution < 1.29 is 4.74 Å². The molecule has 0 aliphatic carbocycles. The van der Waals surface area contributed by atoms with Crippen molar-refractivity contribution >= 4 is 11.6 Å². The summed E-state index contributed by atoms with van der Waals surface area (Å²) in [5, 5.41) is 0.614. The van der Waals surface area contributed by atoms with E-state index >= 15 is 0 Å². The van der Waals surface area contributed by atoms with E-state index in [1.54, 1.807) is 24.9 Å². The molecule has 0 radical (unpaired) electrons. The fourth-order valence-electron chi connectivity index (χ4n) is 2.93. The van der Waals surface area contributed by atoms with Crippen LogP contribution in [0.1, 0.15) is 30.8 Å². The van der Waals surface area contributed by atoms with Gasteiger partial charge in [0, 0.05) is 18.1 Å². The first-order valence-electron chi connectivity index (χ1n) is 9.42. The van der Waals surface area contributed by atoms with Crippen molar-refractivity contribution in [3.05, 3.63) is 102 Å². The maximum Gasteiger partial charge on any atom is 0.138 e. The SMILES string of the molecule is CC(C)(Cc1cnc[nH]1)c1ccccc1.Clc1ccccc1OCc1c[nH]cn1. The molecule has 2 N–H and O–H groups in total. The van der Waals surface area contributed by atoms with Gasteiger partial charge < -0.3 is 14.7 Å². The van der Waals surface area contributed by atoms with Gasteiger partial charge in [-0.25, -0.2) is 9.97 Å². The molecule has 0 aliphatic heterocycles. The quantitative estimate of drug-likeness (QED) is 0.438. The second kappa shape index (κ2) is 9.94. The minimum absolute atomic E-state index is 0.147. The highest BCUT2D eigenvalue weighted by Crippen LogP contribution is 2.26. The van der Waals surface area contributed by atoms with Crippen LogP contribution in [0.2, 0.25) is 5.02 Å². The van der Waals surface area contributed by atoms with E-state index in [4.69, 9.17) is 16.3 Å². The number of para-hydroxylation sites is 1. The van der Waals surface area contributed by atoms with Crippen LogP contribution in [-0.2, 0) is 18.4 Å². The molecular weight excluding hydrogens is 384 g/mol. The Balaban J connectivity index is 0.000000166. The zero-order chi connectivity index (χ0) is 20.5. The van der Waals surface area contributed by atoms with Crippen LogP contribution in [0.4, 0.5) is 0 Å². The van der Waals surface area contributed by atoms with Crippen LogP contribution in [0.15, 0.2) is 79.6 Å². The number of hydrogen-bond donors (Lipinski definition) is 2. The van der Waals surface area contributed by atoms with Crippen molar-refractivity contribution in [2.45, 2.75) is 32.3 Å². The topological polar surface area (TPSA) is 66.6 Å². The predicted octanol–water partition coefficient (Wildman–Crippen LogP) is 5.57. The Kier molecular flexibility index (Phi) is 7.09. The van der Waals surface area contributed by atoms with Crippen molar-refractivity contribution in [1.82, 2.24) is 19.9 Å². The number of aromatic nitrogens is 4. The summed E-state index contributed by atoms with van der Waals surface area (Å²) in [6, 6.07) is 17.9. The molecule has 2 heterocycles. The summed E-state index contributed by atoms with van der Waals surface area (Å²) in [4.78, 5) is 14.1. The van der Waals surface area contributed by atoms with E-state index in [2.05, 4.69) is 64.1 Å². The molecule has 0 spiro atoms. The van der Waals surface area contributed by atoms with E-state index in [1.807, 2.05) is 24.4 Å². The van der Waals surface area contributed by atoms with Crippen molar-refractivity contribution in [2.75, 3.05) is 0 Å². The molecule has 0 bridgehead atoms. The molecule has 0 aliphatic rings. The van der Waals surface area contributed by atoms with Gasteiger partial charge in [0.2, 0.25) is 0 Å². The first-order valence-corrected chi connectivity index (χ1v) is 9.80. The molecule has 0 atom stereocenters. The summed E-state index contributed by atoms with van der Waals surface area (Å²) in [5.74, 6) is 0.678. The third-order valence-electron chi connectivity index (χ3n) is 4.51. The Morgan fingerprint density at radius 2 is 1.76 bits per heavy atom. The summed E-state index contributed by atoms with van der Waals surface area (Å²) < 4.78 is 5.47. The largest absolute Gasteiger partial charge is 0.486 e. The first-order chi connectivity index (χ1) is 14.0. The Morgan fingerprint density at radius 1 is 1.00 bits per heavy atom.